The van der Waals surface area contributed by atoms with E-state index in [1.54, 1.807) is 49.6 Å². The third kappa shape index (κ3) is 4.49. The number of amides is 2. The topological polar surface area (TPSA) is 76.7 Å². The number of hydrogen-bond donors (Lipinski definition) is 2. The van der Waals surface area contributed by atoms with Gasteiger partial charge in [0.1, 0.15) is 11.5 Å². The van der Waals surface area contributed by atoms with Gasteiger partial charge in [-0.25, -0.2) is 0 Å². The van der Waals surface area contributed by atoms with Crippen molar-refractivity contribution < 1.29 is 19.1 Å². The fourth-order valence-electron chi connectivity index (χ4n) is 2.12. The van der Waals surface area contributed by atoms with Gasteiger partial charge in [-0.1, -0.05) is 0 Å². The number of carbonyl (C=O) groups is 2. The van der Waals surface area contributed by atoms with Crippen molar-refractivity contribution in [3.05, 3.63) is 48.0 Å². The average molecular weight is 328 g/mol. The van der Waals surface area contributed by atoms with Gasteiger partial charge in [0.15, 0.2) is 0 Å². The Morgan fingerprint density at radius 2 is 1.75 bits per heavy atom. The second kappa shape index (κ2) is 8.01. The molecular weight excluding hydrogens is 308 g/mol. The standard InChI is InChI=1S/C18H20N2O4/c1-4-24-17-10-9-15(23-3)11-16(17)20-18(22)13-5-7-14(8-6-13)19-12(2)21/h5-11H,4H2,1-3H3,(H,19,21)(H,20,22). The first-order valence-electron chi connectivity index (χ1n) is 7.53. The third-order valence-corrected chi connectivity index (χ3v) is 3.20. The molecule has 2 amide bonds. The van der Waals surface area contributed by atoms with Crippen LogP contribution >= 0.6 is 0 Å². The van der Waals surface area contributed by atoms with Crippen LogP contribution in [0.2, 0.25) is 0 Å². The Morgan fingerprint density at radius 1 is 1.04 bits per heavy atom. The monoisotopic (exact) mass is 328 g/mol. The molecule has 0 aromatic heterocycles. The maximum atomic E-state index is 12.4. The molecule has 0 aliphatic heterocycles. The van der Waals surface area contributed by atoms with Gasteiger partial charge in [-0.05, 0) is 43.3 Å². The van der Waals surface area contributed by atoms with Crippen LogP contribution in [0.3, 0.4) is 0 Å². The van der Waals surface area contributed by atoms with Crippen LogP contribution in [0.15, 0.2) is 42.5 Å². The highest BCUT2D eigenvalue weighted by Gasteiger charge is 2.11. The Hall–Kier alpha value is -3.02. The number of rotatable bonds is 6. The lowest BCUT2D eigenvalue weighted by atomic mass is 10.2. The molecule has 0 bridgehead atoms. The largest absolute Gasteiger partial charge is 0.497 e. The minimum Gasteiger partial charge on any atom is -0.497 e. The normalized spacial score (nSPS) is 9.96. The van der Waals surface area contributed by atoms with Crippen molar-refractivity contribution in [1.82, 2.24) is 0 Å². The highest BCUT2D eigenvalue weighted by Crippen LogP contribution is 2.29. The van der Waals surface area contributed by atoms with Crippen LogP contribution in [0.5, 0.6) is 11.5 Å². The maximum Gasteiger partial charge on any atom is 0.255 e. The predicted octanol–water partition coefficient (Wildman–Crippen LogP) is 3.30. The van der Waals surface area contributed by atoms with Crippen LogP contribution < -0.4 is 20.1 Å². The van der Waals surface area contributed by atoms with E-state index in [1.807, 2.05) is 6.92 Å². The molecule has 2 rings (SSSR count). The van der Waals surface area contributed by atoms with E-state index < -0.39 is 0 Å². The molecule has 2 aromatic carbocycles. The summed E-state index contributed by atoms with van der Waals surface area (Å²) in [6.07, 6.45) is 0. The van der Waals surface area contributed by atoms with E-state index in [9.17, 15) is 9.59 Å². The SMILES string of the molecule is CCOc1ccc(OC)cc1NC(=O)c1ccc(NC(C)=O)cc1. The quantitative estimate of drug-likeness (QED) is 0.853. The van der Waals surface area contributed by atoms with E-state index in [0.717, 1.165) is 0 Å². The first kappa shape index (κ1) is 17.3. The number of benzene rings is 2. The summed E-state index contributed by atoms with van der Waals surface area (Å²) in [5.41, 5.74) is 1.64. The van der Waals surface area contributed by atoms with Crippen molar-refractivity contribution in [3.8, 4) is 11.5 Å². The molecule has 126 valence electrons. The predicted molar refractivity (Wildman–Crippen MR) is 92.9 cm³/mol. The summed E-state index contributed by atoms with van der Waals surface area (Å²) in [4.78, 5) is 23.4. The molecule has 24 heavy (non-hydrogen) atoms. The van der Waals surface area contributed by atoms with E-state index >= 15 is 0 Å². The fraction of sp³-hybridized carbons (Fsp3) is 0.222. The third-order valence-electron chi connectivity index (χ3n) is 3.20. The number of hydrogen-bond acceptors (Lipinski definition) is 4. The smallest absolute Gasteiger partial charge is 0.255 e. The second-order valence-corrected chi connectivity index (χ2v) is 5.01. The van der Waals surface area contributed by atoms with Crippen LogP contribution in [-0.4, -0.2) is 25.5 Å². The van der Waals surface area contributed by atoms with E-state index in [2.05, 4.69) is 10.6 Å². The Kier molecular flexibility index (Phi) is 5.78. The second-order valence-electron chi connectivity index (χ2n) is 5.01. The van der Waals surface area contributed by atoms with Crippen LogP contribution in [-0.2, 0) is 4.79 Å². The molecule has 0 atom stereocenters. The molecule has 0 heterocycles. The van der Waals surface area contributed by atoms with Gasteiger partial charge in [-0.2, -0.15) is 0 Å². The molecule has 6 heteroatoms. The van der Waals surface area contributed by atoms with Crippen LogP contribution in [0, 0.1) is 0 Å². The summed E-state index contributed by atoms with van der Waals surface area (Å²) < 4.78 is 10.7. The van der Waals surface area contributed by atoms with Crippen molar-refractivity contribution >= 4 is 23.2 Å². The fourth-order valence-corrected chi connectivity index (χ4v) is 2.12. The molecule has 0 fully saturated rings. The van der Waals surface area contributed by atoms with Gasteiger partial charge in [-0.15, -0.1) is 0 Å². The first-order valence-corrected chi connectivity index (χ1v) is 7.53. The van der Waals surface area contributed by atoms with Gasteiger partial charge in [0.25, 0.3) is 5.91 Å². The summed E-state index contributed by atoms with van der Waals surface area (Å²) >= 11 is 0. The molecular formula is C18H20N2O4. The Morgan fingerprint density at radius 3 is 2.33 bits per heavy atom. The van der Waals surface area contributed by atoms with Gasteiger partial charge in [-0.3, -0.25) is 9.59 Å². The summed E-state index contributed by atoms with van der Waals surface area (Å²) in [6.45, 7) is 3.79. The number of ether oxygens (including phenoxy) is 2. The van der Waals surface area contributed by atoms with Crippen LogP contribution in [0.1, 0.15) is 24.2 Å². The molecule has 2 aromatic rings. The van der Waals surface area contributed by atoms with Gasteiger partial charge in [0, 0.05) is 24.2 Å². The minimum absolute atomic E-state index is 0.162. The van der Waals surface area contributed by atoms with Crippen molar-refractivity contribution in [3.63, 3.8) is 0 Å². The average Bonchev–Trinajstić information content (AvgIpc) is 2.56. The Balaban J connectivity index is 2.17. The summed E-state index contributed by atoms with van der Waals surface area (Å²) in [5.74, 6) is 0.750. The van der Waals surface area contributed by atoms with Crippen LogP contribution in [0.4, 0.5) is 11.4 Å². The number of carbonyl (C=O) groups excluding carboxylic acids is 2. The van der Waals surface area contributed by atoms with E-state index in [4.69, 9.17) is 9.47 Å². The minimum atomic E-state index is -0.279. The summed E-state index contributed by atoms with van der Waals surface area (Å²) in [6, 6.07) is 11.8. The van der Waals surface area contributed by atoms with Gasteiger partial charge in [0.05, 0.1) is 19.4 Å². The summed E-state index contributed by atoms with van der Waals surface area (Å²) in [7, 11) is 1.56. The van der Waals surface area contributed by atoms with Gasteiger partial charge < -0.3 is 20.1 Å². The number of anilines is 2. The number of nitrogens with one attached hydrogen (secondary N) is 2. The maximum absolute atomic E-state index is 12.4. The molecule has 2 N–H and O–H groups in total. The Labute approximate surface area is 140 Å². The number of methoxy groups -OCH3 is 1. The van der Waals surface area contributed by atoms with Gasteiger partial charge >= 0.3 is 0 Å². The van der Waals surface area contributed by atoms with Crippen molar-refractivity contribution in [2.45, 2.75) is 13.8 Å². The molecule has 0 spiro atoms. The van der Waals surface area contributed by atoms with Crippen LogP contribution in [0.25, 0.3) is 0 Å². The first-order chi connectivity index (χ1) is 11.5. The van der Waals surface area contributed by atoms with Crippen molar-refractivity contribution in [2.24, 2.45) is 0 Å². The zero-order valence-corrected chi connectivity index (χ0v) is 13.9. The zero-order valence-electron chi connectivity index (χ0n) is 13.9. The van der Waals surface area contributed by atoms with E-state index in [0.29, 0.717) is 35.0 Å². The zero-order chi connectivity index (χ0) is 17.5. The van der Waals surface area contributed by atoms with Crippen molar-refractivity contribution in [2.75, 3.05) is 24.4 Å². The molecule has 0 saturated carbocycles. The lowest BCUT2D eigenvalue weighted by molar-refractivity contribution is -0.114. The molecule has 6 nitrogen and oxygen atoms in total. The molecule has 0 saturated heterocycles. The molecule has 0 unspecified atom stereocenters. The van der Waals surface area contributed by atoms with Gasteiger partial charge in [0.2, 0.25) is 5.91 Å². The molecule has 0 aliphatic rings. The molecule has 0 radical (unpaired) electrons. The van der Waals surface area contributed by atoms with E-state index in [-0.39, 0.29) is 11.8 Å². The Bertz CT molecular complexity index is 726. The lowest BCUT2D eigenvalue weighted by Crippen LogP contribution is -2.13. The highest BCUT2D eigenvalue weighted by molar-refractivity contribution is 6.05. The van der Waals surface area contributed by atoms with Crippen molar-refractivity contribution in [1.29, 1.82) is 0 Å². The lowest BCUT2D eigenvalue weighted by Gasteiger charge is -2.13. The van der Waals surface area contributed by atoms with E-state index in [1.165, 1.54) is 6.92 Å². The molecule has 0 aliphatic carbocycles. The highest BCUT2D eigenvalue weighted by atomic mass is 16.5. The summed E-state index contributed by atoms with van der Waals surface area (Å²) in [5, 5.41) is 5.47.